The summed E-state index contributed by atoms with van der Waals surface area (Å²) in [5.41, 5.74) is 1.29. The molecule has 0 aliphatic carbocycles. The summed E-state index contributed by atoms with van der Waals surface area (Å²) in [6, 6.07) is 0. The van der Waals surface area contributed by atoms with Crippen LogP contribution in [0.3, 0.4) is 0 Å². The molecule has 0 spiro atoms. The van der Waals surface area contributed by atoms with E-state index < -0.39 is 0 Å². The fourth-order valence-electron chi connectivity index (χ4n) is 2.98. The molecule has 6 nitrogen and oxygen atoms in total. The Morgan fingerprint density at radius 3 is 2.57 bits per heavy atom. The third-order valence-electron chi connectivity index (χ3n) is 4.27. The topological polar surface area (TPSA) is 66.5 Å². The van der Waals surface area contributed by atoms with E-state index in [2.05, 4.69) is 47.6 Å². The fraction of sp³-hybridized carbons (Fsp3) is 0.750. The number of anilines is 1. The first-order chi connectivity index (χ1) is 10.7. The smallest absolute Gasteiger partial charge is 0.256 e. The number of amides is 1. The van der Waals surface area contributed by atoms with Crippen molar-refractivity contribution in [2.75, 3.05) is 32.0 Å². The second kappa shape index (κ2) is 7.15. The van der Waals surface area contributed by atoms with Gasteiger partial charge in [-0.25, -0.2) is 0 Å². The minimum atomic E-state index is -0.126. The van der Waals surface area contributed by atoms with Crippen LogP contribution in [0, 0.1) is 6.92 Å². The van der Waals surface area contributed by atoms with Crippen molar-refractivity contribution in [3.63, 3.8) is 0 Å². The Hall–Kier alpha value is -1.18. The van der Waals surface area contributed by atoms with E-state index in [-0.39, 0.29) is 23.7 Å². The maximum atomic E-state index is 12.5. The molecule has 2 rings (SSSR count). The standard InChI is InChI=1S/C16H28N4O2S/c1-10-7-20(8-11(2)22-10)16(4,5)9-18-14(21)13-12(3)19-23-15(13)17-6/h10-11,17H,7-9H2,1-6H3,(H,18,21)/t10-,11-/m1/s1. The largest absolute Gasteiger partial charge is 0.378 e. The Morgan fingerprint density at radius 1 is 1.39 bits per heavy atom. The lowest BCUT2D eigenvalue weighted by Gasteiger charge is -2.45. The average Bonchev–Trinajstić information content (AvgIpc) is 2.85. The molecule has 7 heteroatoms. The summed E-state index contributed by atoms with van der Waals surface area (Å²) < 4.78 is 10.1. The SMILES string of the molecule is CNc1snc(C)c1C(=O)NCC(C)(C)N1C[C@@H](C)O[C@H](C)C1. The predicted molar refractivity (Wildman–Crippen MR) is 94.4 cm³/mol. The quantitative estimate of drug-likeness (QED) is 0.859. The third-order valence-corrected chi connectivity index (χ3v) is 5.23. The molecule has 0 bridgehead atoms. The monoisotopic (exact) mass is 340 g/mol. The molecule has 2 heterocycles. The van der Waals surface area contributed by atoms with Crippen molar-refractivity contribution in [3.05, 3.63) is 11.3 Å². The summed E-state index contributed by atoms with van der Waals surface area (Å²) in [7, 11) is 1.81. The number of nitrogens with one attached hydrogen (secondary N) is 2. The average molecular weight is 340 g/mol. The maximum absolute atomic E-state index is 12.5. The van der Waals surface area contributed by atoms with Gasteiger partial charge in [-0.2, -0.15) is 4.37 Å². The number of aromatic nitrogens is 1. The number of hydrogen-bond donors (Lipinski definition) is 2. The Kier molecular flexibility index (Phi) is 5.65. The van der Waals surface area contributed by atoms with Gasteiger partial charge in [-0.1, -0.05) is 0 Å². The van der Waals surface area contributed by atoms with Gasteiger partial charge in [-0.3, -0.25) is 9.69 Å². The summed E-state index contributed by atoms with van der Waals surface area (Å²) >= 11 is 1.32. The molecule has 2 N–H and O–H groups in total. The minimum absolute atomic E-state index is 0.0666. The van der Waals surface area contributed by atoms with Crippen LogP contribution in [-0.4, -0.2) is 59.6 Å². The van der Waals surface area contributed by atoms with Crippen LogP contribution in [0.15, 0.2) is 0 Å². The van der Waals surface area contributed by atoms with Crippen molar-refractivity contribution in [1.29, 1.82) is 0 Å². The molecule has 1 aliphatic heterocycles. The molecule has 23 heavy (non-hydrogen) atoms. The number of nitrogens with zero attached hydrogens (tertiary/aromatic N) is 2. The van der Waals surface area contributed by atoms with Gasteiger partial charge >= 0.3 is 0 Å². The number of carbonyl (C=O) groups is 1. The van der Waals surface area contributed by atoms with Gasteiger partial charge in [-0.05, 0) is 46.2 Å². The molecule has 0 unspecified atom stereocenters. The summed E-state index contributed by atoms with van der Waals surface area (Å²) in [4.78, 5) is 14.9. The number of hydrogen-bond acceptors (Lipinski definition) is 6. The molecule has 1 saturated heterocycles. The number of morpholine rings is 1. The van der Waals surface area contributed by atoms with Crippen molar-refractivity contribution < 1.29 is 9.53 Å². The summed E-state index contributed by atoms with van der Waals surface area (Å²) in [6.07, 6.45) is 0.431. The molecule has 1 amide bonds. The van der Waals surface area contributed by atoms with E-state index in [0.717, 1.165) is 23.8 Å². The molecule has 1 aliphatic rings. The number of ether oxygens (including phenoxy) is 1. The van der Waals surface area contributed by atoms with Crippen molar-refractivity contribution in [1.82, 2.24) is 14.6 Å². The second-order valence-corrected chi connectivity index (χ2v) is 7.65. The van der Waals surface area contributed by atoms with Crippen LogP contribution in [0.2, 0.25) is 0 Å². The third kappa shape index (κ3) is 4.22. The molecule has 1 aromatic heterocycles. The van der Waals surface area contributed by atoms with Gasteiger partial charge in [0.05, 0.1) is 23.5 Å². The van der Waals surface area contributed by atoms with Gasteiger partial charge in [0, 0.05) is 32.2 Å². The lowest BCUT2D eigenvalue weighted by atomic mass is 10.00. The maximum Gasteiger partial charge on any atom is 0.256 e. The Morgan fingerprint density at radius 2 is 2.00 bits per heavy atom. The molecule has 2 atom stereocenters. The van der Waals surface area contributed by atoms with Crippen molar-refractivity contribution >= 4 is 22.4 Å². The molecule has 0 saturated carbocycles. The van der Waals surface area contributed by atoms with Crippen LogP contribution in [0.5, 0.6) is 0 Å². The first-order valence-corrected chi connectivity index (χ1v) is 8.84. The van der Waals surface area contributed by atoms with E-state index in [1.807, 2.05) is 14.0 Å². The van der Waals surface area contributed by atoms with Crippen LogP contribution in [0.4, 0.5) is 5.00 Å². The zero-order chi connectivity index (χ0) is 17.2. The molecule has 0 aromatic carbocycles. The van der Waals surface area contributed by atoms with Gasteiger partial charge in [0.1, 0.15) is 5.00 Å². The first kappa shape index (κ1) is 18.2. The second-order valence-electron chi connectivity index (χ2n) is 6.88. The van der Waals surface area contributed by atoms with Crippen molar-refractivity contribution in [2.45, 2.75) is 52.4 Å². The van der Waals surface area contributed by atoms with E-state index in [1.54, 1.807) is 0 Å². The summed E-state index contributed by atoms with van der Waals surface area (Å²) in [5, 5.41) is 6.92. The molecular weight excluding hydrogens is 312 g/mol. The van der Waals surface area contributed by atoms with Crippen LogP contribution in [0.1, 0.15) is 43.7 Å². The van der Waals surface area contributed by atoms with E-state index in [0.29, 0.717) is 12.1 Å². The van der Waals surface area contributed by atoms with Gasteiger partial charge < -0.3 is 15.4 Å². The molecule has 0 radical (unpaired) electrons. The minimum Gasteiger partial charge on any atom is -0.378 e. The van der Waals surface area contributed by atoms with Gasteiger partial charge in [-0.15, -0.1) is 0 Å². The van der Waals surface area contributed by atoms with Gasteiger partial charge in [0.25, 0.3) is 5.91 Å². The highest BCUT2D eigenvalue weighted by molar-refractivity contribution is 7.10. The van der Waals surface area contributed by atoms with Crippen molar-refractivity contribution in [2.24, 2.45) is 0 Å². The van der Waals surface area contributed by atoms with Crippen LogP contribution in [-0.2, 0) is 4.74 Å². The number of rotatable bonds is 5. The van der Waals surface area contributed by atoms with E-state index in [4.69, 9.17) is 4.74 Å². The number of aryl methyl sites for hydroxylation is 1. The van der Waals surface area contributed by atoms with E-state index in [1.165, 1.54) is 11.5 Å². The van der Waals surface area contributed by atoms with Gasteiger partial charge in [0.15, 0.2) is 0 Å². The van der Waals surface area contributed by atoms with Crippen LogP contribution >= 0.6 is 11.5 Å². The molecule has 130 valence electrons. The Bertz CT molecular complexity index is 548. The van der Waals surface area contributed by atoms with Crippen molar-refractivity contribution in [3.8, 4) is 0 Å². The van der Waals surface area contributed by atoms with Gasteiger partial charge in [0.2, 0.25) is 0 Å². The highest BCUT2D eigenvalue weighted by Crippen LogP contribution is 2.24. The summed E-state index contributed by atoms with van der Waals surface area (Å²) in [6.45, 7) is 12.7. The van der Waals surface area contributed by atoms with E-state index >= 15 is 0 Å². The van der Waals surface area contributed by atoms with Crippen LogP contribution in [0.25, 0.3) is 0 Å². The lowest BCUT2D eigenvalue weighted by molar-refractivity contribution is -0.0948. The fourth-order valence-corrected chi connectivity index (χ4v) is 3.72. The predicted octanol–water partition coefficient (Wildman–Crippen LogP) is 2.11. The zero-order valence-corrected chi connectivity index (χ0v) is 15.7. The lowest BCUT2D eigenvalue weighted by Crippen LogP contribution is -2.58. The highest BCUT2D eigenvalue weighted by Gasteiger charge is 2.33. The van der Waals surface area contributed by atoms with E-state index in [9.17, 15) is 4.79 Å². The van der Waals surface area contributed by atoms with Crippen LogP contribution < -0.4 is 10.6 Å². The normalized spacial score (nSPS) is 22.9. The highest BCUT2D eigenvalue weighted by atomic mass is 32.1. The molecule has 1 fully saturated rings. The number of carbonyl (C=O) groups excluding carboxylic acids is 1. The first-order valence-electron chi connectivity index (χ1n) is 8.07. The summed E-state index contributed by atoms with van der Waals surface area (Å²) in [5.74, 6) is -0.0666. The zero-order valence-electron chi connectivity index (χ0n) is 14.9. The molecule has 1 aromatic rings. The Balaban J connectivity index is 2.01. The molecular formula is C16H28N4O2S. The Labute approximate surface area is 142 Å².